The van der Waals surface area contributed by atoms with Gasteiger partial charge < -0.3 is 19.3 Å². The molecule has 1 spiro atoms. The maximum absolute atomic E-state index is 13.2. The van der Waals surface area contributed by atoms with E-state index in [4.69, 9.17) is 14.0 Å². The zero-order valence-electron chi connectivity index (χ0n) is 16.1. The van der Waals surface area contributed by atoms with Crippen molar-refractivity contribution in [3.8, 4) is 5.75 Å². The number of benzene rings is 1. The molecule has 2 bridgehead atoms. The van der Waals surface area contributed by atoms with Crippen molar-refractivity contribution < 1.29 is 23.6 Å². The Morgan fingerprint density at radius 3 is 3.03 bits per heavy atom. The van der Waals surface area contributed by atoms with Crippen LogP contribution in [0.25, 0.3) is 0 Å². The van der Waals surface area contributed by atoms with Gasteiger partial charge in [0.05, 0.1) is 31.6 Å². The Hall–Kier alpha value is -3.13. The normalized spacial score (nSPS) is 29.4. The van der Waals surface area contributed by atoms with Gasteiger partial charge in [-0.2, -0.15) is 0 Å². The lowest BCUT2D eigenvalue weighted by molar-refractivity contribution is -0.132. The minimum Gasteiger partial charge on any atom is -0.497 e. The first-order valence-corrected chi connectivity index (χ1v) is 9.53. The van der Waals surface area contributed by atoms with Gasteiger partial charge in [0.25, 0.3) is 0 Å². The third kappa shape index (κ3) is 2.74. The Kier molecular flexibility index (Phi) is 3.99. The van der Waals surface area contributed by atoms with Crippen LogP contribution in [0.2, 0.25) is 0 Å². The third-order valence-electron chi connectivity index (χ3n) is 5.90. The lowest BCUT2D eigenvalue weighted by Gasteiger charge is -2.23. The average molecular weight is 395 g/mol. The van der Waals surface area contributed by atoms with E-state index in [1.807, 2.05) is 36.4 Å². The van der Waals surface area contributed by atoms with Crippen LogP contribution in [0.15, 0.2) is 47.0 Å². The summed E-state index contributed by atoms with van der Waals surface area (Å²) in [6, 6.07) is 9.22. The molecule has 3 aliphatic heterocycles. The van der Waals surface area contributed by atoms with Crippen LogP contribution in [0.1, 0.15) is 11.3 Å². The van der Waals surface area contributed by atoms with Gasteiger partial charge in [0, 0.05) is 12.6 Å². The summed E-state index contributed by atoms with van der Waals surface area (Å²) < 4.78 is 16.5. The molecule has 1 N–H and O–H groups in total. The van der Waals surface area contributed by atoms with Gasteiger partial charge in [0.2, 0.25) is 11.8 Å². The molecule has 0 radical (unpaired) electrons. The third-order valence-corrected chi connectivity index (χ3v) is 5.90. The second kappa shape index (κ2) is 6.45. The Balaban J connectivity index is 1.35. The topological polar surface area (TPSA) is 93.9 Å². The van der Waals surface area contributed by atoms with E-state index in [0.29, 0.717) is 24.7 Å². The van der Waals surface area contributed by atoms with Gasteiger partial charge in [-0.15, -0.1) is 0 Å². The zero-order valence-corrected chi connectivity index (χ0v) is 16.1. The number of anilines is 1. The summed E-state index contributed by atoms with van der Waals surface area (Å²) in [7, 11) is 1.60. The SMILES string of the molecule is COc1cccc(CNC(=O)C2C3C(=O)N(c4cc(C)on4)C[C@]34C=C[C@@H]2O4)c1. The fraction of sp³-hybridized carbons (Fsp3) is 0.381. The van der Waals surface area contributed by atoms with Gasteiger partial charge in [-0.1, -0.05) is 29.4 Å². The largest absolute Gasteiger partial charge is 0.497 e. The molecular formula is C21H21N3O5. The van der Waals surface area contributed by atoms with Crippen molar-refractivity contribution in [3.63, 3.8) is 0 Å². The van der Waals surface area contributed by atoms with E-state index in [0.717, 1.165) is 11.3 Å². The molecule has 2 unspecified atom stereocenters. The Morgan fingerprint density at radius 2 is 2.28 bits per heavy atom. The summed E-state index contributed by atoms with van der Waals surface area (Å²) >= 11 is 0. The summed E-state index contributed by atoms with van der Waals surface area (Å²) in [6.07, 6.45) is 3.41. The van der Waals surface area contributed by atoms with Crippen molar-refractivity contribution in [2.45, 2.75) is 25.2 Å². The fourth-order valence-electron chi connectivity index (χ4n) is 4.56. The molecule has 1 aromatic heterocycles. The zero-order chi connectivity index (χ0) is 20.2. The molecule has 0 saturated carbocycles. The highest BCUT2D eigenvalue weighted by atomic mass is 16.5. The number of amides is 2. The van der Waals surface area contributed by atoms with E-state index in [9.17, 15) is 9.59 Å². The molecular weight excluding hydrogens is 374 g/mol. The Bertz CT molecular complexity index is 1020. The molecule has 150 valence electrons. The number of hydrogen-bond acceptors (Lipinski definition) is 6. The van der Waals surface area contributed by atoms with E-state index in [-0.39, 0.29) is 11.8 Å². The Labute approximate surface area is 167 Å². The molecule has 8 heteroatoms. The molecule has 8 nitrogen and oxygen atoms in total. The monoisotopic (exact) mass is 395 g/mol. The molecule has 4 atom stereocenters. The number of methoxy groups -OCH3 is 1. The highest BCUT2D eigenvalue weighted by Crippen LogP contribution is 2.52. The van der Waals surface area contributed by atoms with Crippen LogP contribution in [0, 0.1) is 18.8 Å². The van der Waals surface area contributed by atoms with E-state index in [1.54, 1.807) is 25.0 Å². The molecule has 29 heavy (non-hydrogen) atoms. The molecule has 3 aliphatic rings. The minimum absolute atomic E-state index is 0.160. The maximum atomic E-state index is 13.2. The van der Waals surface area contributed by atoms with Crippen molar-refractivity contribution in [3.05, 3.63) is 53.8 Å². The average Bonchev–Trinajstić information content (AvgIpc) is 3.47. The number of carbonyl (C=O) groups excluding carboxylic acids is 2. The minimum atomic E-state index is -0.785. The van der Waals surface area contributed by atoms with Crippen LogP contribution in [-0.4, -0.2) is 42.3 Å². The van der Waals surface area contributed by atoms with Gasteiger partial charge in [0.1, 0.15) is 17.1 Å². The van der Waals surface area contributed by atoms with Crippen LogP contribution in [0.4, 0.5) is 5.82 Å². The van der Waals surface area contributed by atoms with Crippen molar-refractivity contribution in [1.29, 1.82) is 0 Å². The molecule has 1 aromatic carbocycles. The number of rotatable bonds is 5. The van der Waals surface area contributed by atoms with Gasteiger partial charge >= 0.3 is 0 Å². The maximum Gasteiger partial charge on any atom is 0.235 e. The number of fused-ring (bicyclic) bond motifs is 1. The number of nitrogens with one attached hydrogen (secondary N) is 1. The standard InChI is InChI=1S/C21H21N3O5/c1-12-8-16(23-29-12)24-11-21-7-6-15(28-21)17(18(21)20(24)26)19(25)22-10-13-4-3-5-14(9-13)27-2/h3-9,15,17-18H,10-11H2,1-2H3,(H,22,25)/t15-,17?,18?,21+/m0/s1. The van der Waals surface area contributed by atoms with Crippen LogP contribution < -0.4 is 15.0 Å². The van der Waals surface area contributed by atoms with Crippen LogP contribution >= 0.6 is 0 Å². The Morgan fingerprint density at radius 1 is 1.41 bits per heavy atom. The summed E-state index contributed by atoms with van der Waals surface area (Å²) in [5.41, 5.74) is 0.136. The molecule has 2 saturated heterocycles. The second-order valence-electron chi connectivity index (χ2n) is 7.69. The van der Waals surface area contributed by atoms with Gasteiger partial charge in [0.15, 0.2) is 5.82 Å². The lowest BCUT2D eigenvalue weighted by Crippen LogP contribution is -2.44. The predicted octanol–water partition coefficient (Wildman–Crippen LogP) is 1.59. The van der Waals surface area contributed by atoms with Crippen molar-refractivity contribution >= 4 is 17.6 Å². The number of hydrogen-bond donors (Lipinski definition) is 1. The van der Waals surface area contributed by atoms with Crippen LogP contribution in [-0.2, 0) is 20.9 Å². The highest BCUT2D eigenvalue weighted by molar-refractivity contribution is 6.02. The van der Waals surface area contributed by atoms with Crippen molar-refractivity contribution in [2.75, 3.05) is 18.6 Å². The second-order valence-corrected chi connectivity index (χ2v) is 7.69. The lowest BCUT2D eigenvalue weighted by atomic mass is 9.77. The summed E-state index contributed by atoms with van der Waals surface area (Å²) in [4.78, 5) is 27.8. The van der Waals surface area contributed by atoms with E-state index >= 15 is 0 Å². The number of nitrogens with zero attached hydrogens (tertiary/aromatic N) is 2. The number of aromatic nitrogens is 1. The van der Waals surface area contributed by atoms with Gasteiger partial charge in [-0.25, -0.2) is 0 Å². The molecule has 2 amide bonds. The molecule has 4 heterocycles. The van der Waals surface area contributed by atoms with Crippen LogP contribution in [0.5, 0.6) is 5.75 Å². The number of carbonyl (C=O) groups is 2. The van der Waals surface area contributed by atoms with Gasteiger partial charge in [-0.3, -0.25) is 14.5 Å². The summed E-state index contributed by atoms with van der Waals surface area (Å²) in [5.74, 6) is 0.303. The molecule has 0 aliphatic carbocycles. The molecule has 2 aromatic rings. The van der Waals surface area contributed by atoms with E-state index in [2.05, 4.69) is 10.5 Å². The number of aryl methyl sites for hydroxylation is 1. The predicted molar refractivity (Wildman–Crippen MR) is 102 cm³/mol. The van der Waals surface area contributed by atoms with Crippen molar-refractivity contribution in [2.24, 2.45) is 11.8 Å². The first-order valence-electron chi connectivity index (χ1n) is 9.53. The summed E-state index contributed by atoms with van der Waals surface area (Å²) in [5, 5.41) is 6.91. The van der Waals surface area contributed by atoms with Crippen molar-refractivity contribution in [1.82, 2.24) is 10.5 Å². The smallest absolute Gasteiger partial charge is 0.235 e. The fourth-order valence-corrected chi connectivity index (χ4v) is 4.56. The number of ether oxygens (including phenoxy) is 2. The van der Waals surface area contributed by atoms with E-state index < -0.39 is 23.5 Å². The first-order chi connectivity index (χ1) is 14.0. The summed E-state index contributed by atoms with van der Waals surface area (Å²) in [6.45, 7) is 2.45. The van der Waals surface area contributed by atoms with Crippen LogP contribution in [0.3, 0.4) is 0 Å². The highest BCUT2D eigenvalue weighted by Gasteiger charge is 2.67. The van der Waals surface area contributed by atoms with E-state index in [1.165, 1.54) is 0 Å². The first kappa shape index (κ1) is 17.9. The molecule has 5 rings (SSSR count). The quantitative estimate of drug-likeness (QED) is 0.773. The van der Waals surface area contributed by atoms with Gasteiger partial charge in [-0.05, 0) is 24.6 Å². The molecule has 2 fully saturated rings.